The zero-order valence-electron chi connectivity index (χ0n) is 8.14. The molecular formula is C10H17NO2. The van der Waals surface area contributed by atoms with Gasteiger partial charge in [-0.2, -0.15) is 0 Å². The van der Waals surface area contributed by atoms with Crippen LogP contribution in [-0.4, -0.2) is 24.7 Å². The van der Waals surface area contributed by atoms with E-state index in [2.05, 4.69) is 5.32 Å². The topological polar surface area (TPSA) is 38.3 Å². The molecule has 0 radical (unpaired) electrons. The summed E-state index contributed by atoms with van der Waals surface area (Å²) >= 11 is 0. The van der Waals surface area contributed by atoms with Crippen LogP contribution in [0.2, 0.25) is 0 Å². The van der Waals surface area contributed by atoms with Crippen LogP contribution in [0.15, 0.2) is 0 Å². The second kappa shape index (κ2) is 3.29. The first-order chi connectivity index (χ1) is 6.21. The Kier molecular flexibility index (Phi) is 2.28. The molecule has 0 spiro atoms. The molecule has 0 aromatic heterocycles. The molecule has 1 saturated carbocycles. The average Bonchev–Trinajstić information content (AvgIpc) is 2.84. The molecule has 1 amide bonds. The van der Waals surface area contributed by atoms with Crippen molar-refractivity contribution in [1.29, 1.82) is 0 Å². The summed E-state index contributed by atoms with van der Waals surface area (Å²) in [5.74, 6) is 0.825. The maximum Gasteiger partial charge on any atom is 0.251 e. The third-order valence-corrected chi connectivity index (χ3v) is 2.95. The van der Waals surface area contributed by atoms with E-state index in [9.17, 15) is 4.79 Å². The second-order valence-electron chi connectivity index (χ2n) is 4.34. The molecule has 2 aliphatic rings. The fourth-order valence-corrected chi connectivity index (χ4v) is 1.70. The maximum absolute atomic E-state index is 11.7. The Morgan fingerprint density at radius 1 is 1.62 bits per heavy atom. The van der Waals surface area contributed by atoms with Gasteiger partial charge in [0.2, 0.25) is 0 Å². The summed E-state index contributed by atoms with van der Waals surface area (Å²) in [6, 6.07) is 0. The van der Waals surface area contributed by atoms with E-state index in [0.717, 1.165) is 31.9 Å². The van der Waals surface area contributed by atoms with E-state index in [0.29, 0.717) is 0 Å². The van der Waals surface area contributed by atoms with E-state index in [-0.39, 0.29) is 5.91 Å². The minimum Gasteiger partial charge on any atom is -0.365 e. The van der Waals surface area contributed by atoms with Crippen LogP contribution >= 0.6 is 0 Å². The molecule has 1 aliphatic carbocycles. The Labute approximate surface area is 78.8 Å². The fraction of sp³-hybridized carbons (Fsp3) is 0.900. The molecule has 1 saturated heterocycles. The highest BCUT2D eigenvalue weighted by Gasteiger charge is 2.38. The molecule has 0 aromatic carbocycles. The first kappa shape index (κ1) is 9.00. The molecule has 1 atom stereocenters. The SMILES string of the molecule is CC1(C(=O)NCC2CC2)CCCO1. The minimum atomic E-state index is -0.533. The number of ether oxygens (including phenoxy) is 1. The first-order valence-corrected chi connectivity index (χ1v) is 5.13. The lowest BCUT2D eigenvalue weighted by Gasteiger charge is -2.21. The molecule has 13 heavy (non-hydrogen) atoms. The number of amides is 1. The lowest BCUT2D eigenvalue weighted by Crippen LogP contribution is -2.44. The molecule has 2 fully saturated rings. The quantitative estimate of drug-likeness (QED) is 0.711. The number of hydrogen-bond donors (Lipinski definition) is 1. The normalized spacial score (nSPS) is 33.3. The Bertz CT molecular complexity index is 205. The Morgan fingerprint density at radius 3 is 2.92 bits per heavy atom. The summed E-state index contributed by atoms with van der Waals surface area (Å²) in [4.78, 5) is 11.7. The van der Waals surface area contributed by atoms with Crippen molar-refractivity contribution < 1.29 is 9.53 Å². The van der Waals surface area contributed by atoms with Crippen LogP contribution in [0, 0.1) is 5.92 Å². The van der Waals surface area contributed by atoms with Crippen molar-refractivity contribution in [3.8, 4) is 0 Å². The number of hydrogen-bond acceptors (Lipinski definition) is 2. The van der Waals surface area contributed by atoms with E-state index < -0.39 is 5.60 Å². The average molecular weight is 183 g/mol. The van der Waals surface area contributed by atoms with Gasteiger partial charge < -0.3 is 10.1 Å². The number of carbonyl (C=O) groups is 1. The van der Waals surface area contributed by atoms with E-state index in [1.165, 1.54) is 12.8 Å². The van der Waals surface area contributed by atoms with Crippen molar-refractivity contribution >= 4 is 5.91 Å². The fourth-order valence-electron chi connectivity index (χ4n) is 1.70. The Hall–Kier alpha value is -0.570. The molecule has 3 heteroatoms. The smallest absolute Gasteiger partial charge is 0.251 e. The van der Waals surface area contributed by atoms with Gasteiger partial charge in [0.1, 0.15) is 5.60 Å². The molecular weight excluding hydrogens is 166 g/mol. The van der Waals surface area contributed by atoms with Gasteiger partial charge in [0.05, 0.1) is 0 Å². The summed E-state index contributed by atoms with van der Waals surface area (Å²) in [7, 11) is 0. The summed E-state index contributed by atoms with van der Waals surface area (Å²) in [6.45, 7) is 3.47. The van der Waals surface area contributed by atoms with Crippen molar-refractivity contribution in [2.24, 2.45) is 5.92 Å². The van der Waals surface area contributed by atoms with Gasteiger partial charge in [0.25, 0.3) is 5.91 Å². The number of carbonyl (C=O) groups excluding carboxylic acids is 1. The molecule has 3 nitrogen and oxygen atoms in total. The highest BCUT2D eigenvalue weighted by atomic mass is 16.5. The van der Waals surface area contributed by atoms with Crippen LogP contribution < -0.4 is 5.32 Å². The van der Waals surface area contributed by atoms with Crippen LogP contribution in [0.1, 0.15) is 32.6 Å². The second-order valence-corrected chi connectivity index (χ2v) is 4.34. The van der Waals surface area contributed by atoms with Crippen LogP contribution in [0.25, 0.3) is 0 Å². The van der Waals surface area contributed by atoms with Gasteiger partial charge in [-0.15, -0.1) is 0 Å². The van der Waals surface area contributed by atoms with Gasteiger partial charge in [-0.05, 0) is 38.5 Å². The lowest BCUT2D eigenvalue weighted by molar-refractivity contribution is -0.139. The zero-order valence-corrected chi connectivity index (χ0v) is 8.14. The van der Waals surface area contributed by atoms with Gasteiger partial charge in [-0.3, -0.25) is 4.79 Å². The molecule has 0 bridgehead atoms. The van der Waals surface area contributed by atoms with Gasteiger partial charge in [0.15, 0.2) is 0 Å². The monoisotopic (exact) mass is 183 g/mol. The van der Waals surface area contributed by atoms with Gasteiger partial charge in [-0.25, -0.2) is 0 Å². The summed E-state index contributed by atoms with van der Waals surface area (Å²) in [5, 5.41) is 2.96. The van der Waals surface area contributed by atoms with E-state index in [1.807, 2.05) is 6.92 Å². The maximum atomic E-state index is 11.7. The van der Waals surface area contributed by atoms with Crippen LogP contribution in [0.4, 0.5) is 0 Å². The largest absolute Gasteiger partial charge is 0.365 e. The predicted octanol–water partition coefficient (Wildman–Crippen LogP) is 1.08. The van der Waals surface area contributed by atoms with Crippen LogP contribution in [-0.2, 0) is 9.53 Å². The van der Waals surface area contributed by atoms with Crippen molar-refractivity contribution in [2.45, 2.75) is 38.2 Å². The van der Waals surface area contributed by atoms with Crippen LogP contribution in [0.5, 0.6) is 0 Å². The first-order valence-electron chi connectivity index (χ1n) is 5.13. The third kappa shape index (κ3) is 2.02. The highest BCUT2D eigenvalue weighted by Crippen LogP contribution is 2.29. The van der Waals surface area contributed by atoms with Crippen molar-refractivity contribution in [1.82, 2.24) is 5.32 Å². The number of nitrogens with one attached hydrogen (secondary N) is 1. The molecule has 74 valence electrons. The molecule has 1 heterocycles. The van der Waals surface area contributed by atoms with E-state index >= 15 is 0 Å². The molecule has 1 N–H and O–H groups in total. The predicted molar refractivity (Wildman–Crippen MR) is 49.3 cm³/mol. The number of rotatable bonds is 3. The lowest BCUT2D eigenvalue weighted by atomic mass is 10.0. The van der Waals surface area contributed by atoms with Gasteiger partial charge in [-0.1, -0.05) is 0 Å². The minimum absolute atomic E-state index is 0.0805. The van der Waals surface area contributed by atoms with E-state index in [4.69, 9.17) is 4.74 Å². The molecule has 0 aromatic rings. The van der Waals surface area contributed by atoms with Crippen molar-refractivity contribution in [3.05, 3.63) is 0 Å². The summed E-state index contributed by atoms with van der Waals surface area (Å²) in [5.41, 5.74) is -0.533. The van der Waals surface area contributed by atoms with Crippen molar-refractivity contribution in [3.63, 3.8) is 0 Å². The van der Waals surface area contributed by atoms with Gasteiger partial charge >= 0.3 is 0 Å². The summed E-state index contributed by atoms with van der Waals surface area (Å²) in [6.07, 6.45) is 4.42. The molecule has 1 unspecified atom stereocenters. The summed E-state index contributed by atoms with van der Waals surface area (Å²) < 4.78 is 5.44. The molecule has 2 rings (SSSR count). The highest BCUT2D eigenvalue weighted by molar-refractivity contribution is 5.85. The Balaban J connectivity index is 1.80. The van der Waals surface area contributed by atoms with Crippen LogP contribution in [0.3, 0.4) is 0 Å². The van der Waals surface area contributed by atoms with Crippen molar-refractivity contribution in [2.75, 3.05) is 13.2 Å². The Morgan fingerprint density at radius 2 is 2.38 bits per heavy atom. The third-order valence-electron chi connectivity index (χ3n) is 2.95. The van der Waals surface area contributed by atoms with E-state index in [1.54, 1.807) is 0 Å². The standard InChI is InChI=1S/C10H17NO2/c1-10(5-2-6-13-10)9(12)11-7-8-3-4-8/h8H,2-7H2,1H3,(H,11,12). The van der Waals surface area contributed by atoms with Gasteiger partial charge in [0, 0.05) is 13.2 Å². The molecule has 1 aliphatic heterocycles. The zero-order chi connectivity index (χ0) is 9.31.